The van der Waals surface area contributed by atoms with E-state index in [4.69, 9.17) is 0 Å². The van der Waals surface area contributed by atoms with Crippen LogP contribution in [0.25, 0.3) is 0 Å². The molecule has 0 fully saturated rings. The van der Waals surface area contributed by atoms with Crippen LogP contribution in [0.3, 0.4) is 0 Å². The molecule has 0 radical (unpaired) electrons. The lowest BCUT2D eigenvalue weighted by Gasteiger charge is -2.02. The van der Waals surface area contributed by atoms with Crippen LogP contribution in [0, 0.1) is 0 Å². The first-order valence-electron chi connectivity index (χ1n) is 4.04. The molecule has 1 N–H and O–H groups in total. The zero-order chi connectivity index (χ0) is 10.6. The molecule has 1 heterocycles. The van der Waals surface area contributed by atoms with Gasteiger partial charge in [0.2, 0.25) is 0 Å². The summed E-state index contributed by atoms with van der Waals surface area (Å²) in [4.78, 5) is 0. The lowest BCUT2D eigenvalue weighted by molar-refractivity contribution is -0.134. The number of alkyl halides is 3. The molecular weight excluding hydrogens is 215 g/mol. The van der Waals surface area contributed by atoms with Gasteiger partial charge in [-0.3, -0.25) is 0 Å². The third kappa shape index (κ3) is 4.01. The molecule has 1 aromatic rings. The van der Waals surface area contributed by atoms with Gasteiger partial charge in [-0.05, 0) is 7.05 Å². The van der Waals surface area contributed by atoms with Crippen molar-refractivity contribution in [3.63, 3.8) is 0 Å². The van der Waals surface area contributed by atoms with Crippen molar-refractivity contribution < 1.29 is 13.2 Å². The van der Waals surface area contributed by atoms with Crippen molar-refractivity contribution in [2.24, 2.45) is 0 Å². The van der Waals surface area contributed by atoms with E-state index < -0.39 is 12.6 Å². The number of halogens is 3. The molecule has 80 valence electrons. The monoisotopic (exact) mass is 225 g/mol. The number of aromatic nitrogens is 2. The summed E-state index contributed by atoms with van der Waals surface area (Å²) in [7, 11) is 1.75. The summed E-state index contributed by atoms with van der Waals surface area (Å²) in [6.07, 6.45) is -5.03. The van der Waals surface area contributed by atoms with E-state index in [-0.39, 0.29) is 6.42 Å². The van der Waals surface area contributed by atoms with Crippen molar-refractivity contribution in [2.75, 3.05) is 7.05 Å². The van der Waals surface area contributed by atoms with Crippen LogP contribution < -0.4 is 5.32 Å². The van der Waals surface area contributed by atoms with Crippen molar-refractivity contribution >= 4 is 11.3 Å². The fourth-order valence-electron chi connectivity index (χ4n) is 0.861. The number of hydrogen-bond donors (Lipinski definition) is 1. The molecule has 0 aliphatic heterocycles. The molecule has 1 rings (SSSR count). The lowest BCUT2D eigenvalue weighted by Crippen LogP contribution is -2.08. The summed E-state index contributed by atoms with van der Waals surface area (Å²) < 4.78 is 35.5. The van der Waals surface area contributed by atoms with Crippen molar-refractivity contribution in [2.45, 2.75) is 25.6 Å². The zero-order valence-corrected chi connectivity index (χ0v) is 8.37. The second-order valence-corrected chi connectivity index (χ2v) is 3.88. The van der Waals surface area contributed by atoms with Gasteiger partial charge in [-0.15, -0.1) is 21.5 Å². The molecule has 7 heteroatoms. The Balaban J connectivity index is 2.44. The van der Waals surface area contributed by atoms with Gasteiger partial charge in [0.25, 0.3) is 0 Å². The maximum Gasteiger partial charge on any atom is 0.389 e. The summed E-state index contributed by atoms with van der Waals surface area (Å²) in [5, 5.41) is 11.4. The van der Waals surface area contributed by atoms with Crippen LogP contribution in [0.4, 0.5) is 13.2 Å². The van der Waals surface area contributed by atoms with Crippen LogP contribution in [0.1, 0.15) is 16.4 Å². The second-order valence-electron chi connectivity index (χ2n) is 2.74. The summed E-state index contributed by atoms with van der Waals surface area (Å²) >= 11 is 1.21. The molecule has 0 unspecified atom stereocenters. The average Bonchev–Trinajstić information content (AvgIpc) is 2.49. The molecular formula is C7H10F3N3S. The highest BCUT2D eigenvalue weighted by Crippen LogP contribution is 2.23. The maximum absolute atomic E-state index is 11.8. The summed E-state index contributed by atoms with van der Waals surface area (Å²) in [6, 6.07) is 0. The minimum absolute atomic E-state index is 0.0785. The van der Waals surface area contributed by atoms with Gasteiger partial charge >= 0.3 is 6.18 Å². The van der Waals surface area contributed by atoms with Gasteiger partial charge in [0.05, 0.1) is 0 Å². The Kier molecular flexibility index (Phi) is 3.82. The Morgan fingerprint density at radius 3 is 2.50 bits per heavy atom. The highest BCUT2D eigenvalue weighted by Gasteiger charge is 2.27. The quantitative estimate of drug-likeness (QED) is 0.848. The van der Waals surface area contributed by atoms with Crippen LogP contribution in [-0.2, 0) is 13.0 Å². The summed E-state index contributed by atoms with van der Waals surface area (Å²) in [5.41, 5.74) is 0. The van der Waals surface area contributed by atoms with Gasteiger partial charge in [0.1, 0.15) is 10.0 Å². The smallest absolute Gasteiger partial charge is 0.313 e. The van der Waals surface area contributed by atoms with Crippen LogP contribution in [0.5, 0.6) is 0 Å². The van der Waals surface area contributed by atoms with Gasteiger partial charge in [-0.2, -0.15) is 13.2 Å². The van der Waals surface area contributed by atoms with Crippen LogP contribution in [0.15, 0.2) is 0 Å². The third-order valence-corrected chi connectivity index (χ3v) is 2.44. The van der Waals surface area contributed by atoms with Crippen LogP contribution in [0.2, 0.25) is 0 Å². The van der Waals surface area contributed by atoms with Gasteiger partial charge in [0.15, 0.2) is 0 Å². The highest BCUT2D eigenvalue weighted by atomic mass is 32.1. The Hall–Kier alpha value is -0.690. The van der Waals surface area contributed by atoms with E-state index in [1.807, 2.05) is 0 Å². The van der Waals surface area contributed by atoms with E-state index in [2.05, 4.69) is 15.5 Å². The first-order valence-corrected chi connectivity index (χ1v) is 4.85. The fraction of sp³-hybridized carbons (Fsp3) is 0.714. The van der Waals surface area contributed by atoms with Crippen molar-refractivity contribution in [3.05, 3.63) is 10.0 Å². The molecule has 0 aromatic carbocycles. The molecule has 0 amide bonds. The molecule has 0 spiro atoms. The maximum atomic E-state index is 11.8. The molecule has 0 saturated carbocycles. The lowest BCUT2D eigenvalue weighted by atomic mass is 10.3. The number of nitrogens with one attached hydrogen (secondary N) is 1. The van der Waals surface area contributed by atoms with Crippen molar-refractivity contribution in [1.82, 2.24) is 15.5 Å². The fourth-order valence-corrected chi connectivity index (χ4v) is 1.72. The van der Waals surface area contributed by atoms with Crippen molar-refractivity contribution in [3.8, 4) is 0 Å². The highest BCUT2D eigenvalue weighted by molar-refractivity contribution is 7.11. The van der Waals surface area contributed by atoms with E-state index in [1.54, 1.807) is 7.05 Å². The topological polar surface area (TPSA) is 37.8 Å². The number of nitrogens with zero attached hydrogens (tertiary/aromatic N) is 2. The largest absolute Gasteiger partial charge is 0.389 e. The molecule has 0 bridgehead atoms. The molecule has 1 aromatic heterocycles. The minimum atomic E-state index is -4.12. The van der Waals surface area contributed by atoms with E-state index in [1.165, 1.54) is 11.3 Å². The SMILES string of the molecule is CNCc1nnc(CCC(F)(F)F)s1. The van der Waals surface area contributed by atoms with E-state index in [9.17, 15) is 13.2 Å². The summed E-state index contributed by atoms with van der Waals surface area (Å²) in [6.45, 7) is 0.545. The Morgan fingerprint density at radius 1 is 1.29 bits per heavy atom. The Bertz CT molecular complexity index is 284. The second kappa shape index (κ2) is 4.70. The number of rotatable bonds is 4. The molecule has 14 heavy (non-hydrogen) atoms. The van der Waals surface area contributed by atoms with Crippen molar-refractivity contribution in [1.29, 1.82) is 0 Å². The molecule has 0 saturated heterocycles. The first kappa shape index (κ1) is 11.4. The van der Waals surface area contributed by atoms with E-state index in [0.29, 0.717) is 16.6 Å². The predicted octanol–water partition coefficient (Wildman–Crippen LogP) is 1.75. The summed E-state index contributed by atoms with van der Waals surface area (Å²) in [5.74, 6) is 0. The minimum Gasteiger partial charge on any atom is -0.313 e. The van der Waals surface area contributed by atoms with Gasteiger partial charge in [-0.25, -0.2) is 0 Å². The zero-order valence-electron chi connectivity index (χ0n) is 7.56. The number of hydrogen-bond acceptors (Lipinski definition) is 4. The van der Waals surface area contributed by atoms with E-state index in [0.717, 1.165) is 0 Å². The third-order valence-electron chi connectivity index (χ3n) is 1.46. The van der Waals surface area contributed by atoms with Gasteiger partial charge in [-0.1, -0.05) is 0 Å². The Morgan fingerprint density at radius 2 is 1.93 bits per heavy atom. The molecule has 0 aliphatic rings. The average molecular weight is 225 g/mol. The normalized spacial score (nSPS) is 12.0. The van der Waals surface area contributed by atoms with Gasteiger partial charge in [0, 0.05) is 19.4 Å². The molecule has 0 aliphatic carbocycles. The van der Waals surface area contributed by atoms with Crippen LogP contribution in [-0.4, -0.2) is 23.4 Å². The van der Waals surface area contributed by atoms with Crippen LogP contribution >= 0.6 is 11.3 Å². The number of aryl methyl sites for hydroxylation is 1. The van der Waals surface area contributed by atoms with Gasteiger partial charge < -0.3 is 5.32 Å². The standard InChI is InChI=1S/C7H10F3N3S/c1-11-4-6-13-12-5(14-6)2-3-7(8,9)10/h11H,2-4H2,1H3. The Labute approximate surface area is 83.4 Å². The first-order chi connectivity index (χ1) is 6.51. The predicted molar refractivity (Wildman–Crippen MR) is 47.0 cm³/mol. The molecule has 3 nitrogen and oxygen atoms in total. The molecule has 0 atom stereocenters. The van der Waals surface area contributed by atoms with E-state index >= 15 is 0 Å².